The van der Waals surface area contributed by atoms with Gasteiger partial charge in [0.2, 0.25) is 0 Å². The quantitative estimate of drug-likeness (QED) is 0.910. The first-order valence-corrected chi connectivity index (χ1v) is 10.1. The van der Waals surface area contributed by atoms with Crippen molar-refractivity contribution in [2.45, 2.75) is 37.6 Å². The maximum Gasteiger partial charge on any atom is 0.320 e. The maximum absolute atomic E-state index is 12.8. The Morgan fingerprint density at radius 1 is 1.00 bits per heavy atom. The molecule has 27 heavy (non-hydrogen) atoms. The zero-order valence-electron chi connectivity index (χ0n) is 15.8. The Morgan fingerprint density at radius 3 is 2.41 bits per heavy atom. The topological polar surface area (TPSA) is 55.5 Å². The molecule has 5 rings (SSSR count). The van der Waals surface area contributed by atoms with Crippen molar-refractivity contribution in [3.05, 3.63) is 47.8 Å². The lowest BCUT2D eigenvalue weighted by atomic mass is 9.91. The third kappa shape index (κ3) is 2.97. The third-order valence-electron chi connectivity index (χ3n) is 6.59. The number of hydrogen-bond acceptors (Lipinski definition) is 3. The van der Waals surface area contributed by atoms with Gasteiger partial charge in [0.25, 0.3) is 0 Å². The average Bonchev–Trinajstić information content (AvgIpc) is 3.31. The van der Waals surface area contributed by atoms with Gasteiger partial charge < -0.3 is 14.7 Å². The summed E-state index contributed by atoms with van der Waals surface area (Å²) in [4.78, 5) is 19.2. The Bertz CT molecular complexity index is 796. The van der Waals surface area contributed by atoms with Gasteiger partial charge in [0.1, 0.15) is 0 Å². The molecule has 6 nitrogen and oxygen atoms in total. The van der Waals surface area contributed by atoms with Gasteiger partial charge in [-0.3, -0.25) is 5.10 Å². The van der Waals surface area contributed by atoms with Gasteiger partial charge in [0, 0.05) is 68.2 Å². The molecule has 1 aromatic carbocycles. The zero-order valence-corrected chi connectivity index (χ0v) is 15.8. The van der Waals surface area contributed by atoms with E-state index in [0.717, 1.165) is 38.3 Å². The molecular formula is C21H27N5O. The van der Waals surface area contributed by atoms with Gasteiger partial charge >= 0.3 is 6.03 Å². The van der Waals surface area contributed by atoms with E-state index in [1.54, 1.807) is 6.20 Å². The monoisotopic (exact) mass is 365 g/mol. The summed E-state index contributed by atoms with van der Waals surface area (Å²) in [5, 5.41) is 7.07. The smallest absolute Gasteiger partial charge is 0.320 e. The van der Waals surface area contributed by atoms with E-state index >= 15 is 0 Å². The number of nitrogens with zero attached hydrogens (tertiary/aromatic N) is 4. The Labute approximate surface area is 160 Å². The van der Waals surface area contributed by atoms with Crippen LogP contribution in [0.1, 0.15) is 42.9 Å². The van der Waals surface area contributed by atoms with Crippen molar-refractivity contribution in [2.24, 2.45) is 0 Å². The summed E-state index contributed by atoms with van der Waals surface area (Å²) >= 11 is 0. The van der Waals surface area contributed by atoms with E-state index in [2.05, 4.69) is 46.3 Å². The van der Waals surface area contributed by atoms with E-state index < -0.39 is 0 Å². The number of benzene rings is 1. The Morgan fingerprint density at radius 2 is 1.78 bits per heavy atom. The van der Waals surface area contributed by atoms with Crippen molar-refractivity contribution in [1.29, 1.82) is 0 Å². The molecule has 4 heterocycles. The molecule has 3 saturated heterocycles. The zero-order chi connectivity index (χ0) is 18.4. The number of aromatic nitrogens is 2. The minimum Gasteiger partial charge on any atom is -0.369 e. The van der Waals surface area contributed by atoms with E-state index in [9.17, 15) is 4.79 Å². The highest BCUT2D eigenvalue weighted by molar-refractivity contribution is 5.76. The first-order valence-electron chi connectivity index (χ1n) is 10.1. The number of carbonyl (C=O) groups excluding carboxylic acids is 1. The van der Waals surface area contributed by atoms with E-state index in [1.165, 1.54) is 24.2 Å². The van der Waals surface area contributed by atoms with Crippen LogP contribution in [0, 0.1) is 0 Å². The van der Waals surface area contributed by atoms with Gasteiger partial charge in [-0.25, -0.2) is 4.79 Å². The van der Waals surface area contributed by atoms with Gasteiger partial charge in [-0.05, 0) is 43.5 Å². The number of rotatable bonds is 3. The van der Waals surface area contributed by atoms with Crippen LogP contribution >= 0.6 is 0 Å². The van der Waals surface area contributed by atoms with Crippen molar-refractivity contribution in [3.8, 4) is 0 Å². The van der Waals surface area contributed by atoms with Gasteiger partial charge in [0.15, 0.2) is 0 Å². The second-order valence-electron chi connectivity index (χ2n) is 8.25. The lowest BCUT2D eigenvalue weighted by Gasteiger charge is -2.42. The summed E-state index contributed by atoms with van der Waals surface area (Å²) in [7, 11) is 0. The van der Waals surface area contributed by atoms with E-state index in [1.807, 2.05) is 15.9 Å². The highest BCUT2D eigenvalue weighted by Crippen LogP contribution is 2.33. The molecule has 3 aliphatic rings. The lowest BCUT2D eigenvalue weighted by molar-refractivity contribution is 0.121. The molecule has 6 heteroatoms. The molecule has 1 N–H and O–H groups in total. The summed E-state index contributed by atoms with van der Waals surface area (Å²) in [6.45, 7) is 6.76. The molecule has 3 fully saturated rings. The molecule has 142 valence electrons. The van der Waals surface area contributed by atoms with Gasteiger partial charge in [0.05, 0.1) is 0 Å². The van der Waals surface area contributed by atoms with Crippen LogP contribution in [-0.2, 0) is 0 Å². The molecule has 2 amide bonds. The Balaban J connectivity index is 1.14. The van der Waals surface area contributed by atoms with Crippen LogP contribution in [0.3, 0.4) is 0 Å². The molecule has 0 radical (unpaired) electrons. The van der Waals surface area contributed by atoms with Crippen LogP contribution in [0.2, 0.25) is 0 Å². The second kappa shape index (κ2) is 6.59. The van der Waals surface area contributed by atoms with Crippen LogP contribution in [0.4, 0.5) is 10.5 Å². The predicted molar refractivity (Wildman–Crippen MR) is 105 cm³/mol. The Kier molecular flexibility index (Phi) is 4.06. The molecule has 0 saturated carbocycles. The summed E-state index contributed by atoms with van der Waals surface area (Å²) in [6, 6.07) is 11.9. The summed E-state index contributed by atoms with van der Waals surface area (Å²) in [5.74, 6) is 0.868. The fourth-order valence-corrected chi connectivity index (χ4v) is 4.57. The Hall–Kier alpha value is -2.50. The molecule has 0 bridgehead atoms. The molecule has 2 aromatic rings. The number of carbonyl (C=O) groups is 1. The van der Waals surface area contributed by atoms with Crippen LogP contribution < -0.4 is 4.90 Å². The number of urea groups is 1. The van der Waals surface area contributed by atoms with Gasteiger partial charge in [-0.15, -0.1) is 0 Å². The third-order valence-corrected chi connectivity index (χ3v) is 6.59. The number of H-pyrrole nitrogens is 1. The van der Waals surface area contributed by atoms with Crippen molar-refractivity contribution in [1.82, 2.24) is 20.0 Å². The van der Waals surface area contributed by atoms with Gasteiger partial charge in [-0.1, -0.05) is 12.1 Å². The number of likely N-dealkylation sites (tertiary alicyclic amines) is 2. The van der Waals surface area contributed by atoms with Crippen molar-refractivity contribution < 1.29 is 4.79 Å². The number of nitrogens with one attached hydrogen (secondary N) is 1. The molecule has 0 spiro atoms. The van der Waals surface area contributed by atoms with E-state index in [-0.39, 0.29) is 6.03 Å². The molecule has 3 aliphatic heterocycles. The van der Waals surface area contributed by atoms with E-state index in [0.29, 0.717) is 17.9 Å². The largest absolute Gasteiger partial charge is 0.369 e. The normalized spacial score (nSPS) is 25.4. The highest BCUT2D eigenvalue weighted by Gasteiger charge is 2.37. The van der Waals surface area contributed by atoms with E-state index in [4.69, 9.17) is 0 Å². The fourth-order valence-electron chi connectivity index (χ4n) is 4.57. The maximum atomic E-state index is 12.8. The molecular weight excluding hydrogens is 338 g/mol. The molecule has 1 aromatic heterocycles. The van der Waals surface area contributed by atoms with Crippen molar-refractivity contribution in [2.75, 3.05) is 37.6 Å². The standard InChI is InChI=1S/C21H27N5O/c1-15-7-11-26(15)19-4-2-16(3-5-19)18-13-25(14-18)21(27)24-10-8-17(12-24)20-6-9-22-23-20/h2-6,9,15,17-18H,7-8,10-14H2,1H3,(H,22,23). The summed E-state index contributed by atoms with van der Waals surface area (Å²) in [5.41, 5.74) is 3.82. The van der Waals surface area contributed by atoms with Crippen molar-refractivity contribution >= 4 is 11.7 Å². The summed E-state index contributed by atoms with van der Waals surface area (Å²) in [6.07, 6.45) is 4.09. The summed E-state index contributed by atoms with van der Waals surface area (Å²) < 4.78 is 0. The first-order chi connectivity index (χ1) is 13.2. The minimum atomic E-state index is 0.194. The number of anilines is 1. The lowest BCUT2D eigenvalue weighted by Crippen LogP contribution is -2.53. The molecule has 2 unspecified atom stereocenters. The number of hydrogen-bond donors (Lipinski definition) is 1. The number of aromatic amines is 1. The SMILES string of the molecule is CC1CCN1c1ccc(C2CN(C(=O)N3CCC(c4ccn[nH]4)C3)C2)cc1. The second-order valence-corrected chi connectivity index (χ2v) is 8.25. The molecule has 0 aliphatic carbocycles. The minimum absolute atomic E-state index is 0.194. The highest BCUT2D eigenvalue weighted by atomic mass is 16.2. The van der Waals surface area contributed by atoms with Crippen LogP contribution in [0.25, 0.3) is 0 Å². The first kappa shape index (κ1) is 16.7. The van der Waals surface area contributed by atoms with Crippen LogP contribution in [-0.4, -0.2) is 64.8 Å². The van der Waals surface area contributed by atoms with Crippen molar-refractivity contribution in [3.63, 3.8) is 0 Å². The fraction of sp³-hybridized carbons (Fsp3) is 0.524. The van der Waals surface area contributed by atoms with Gasteiger partial charge in [-0.2, -0.15) is 5.10 Å². The molecule has 2 atom stereocenters. The predicted octanol–water partition coefficient (Wildman–Crippen LogP) is 3.02. The van der Waals surface area contributed by atoms with Crippen LogP contribution in [0.15, 0.2) is 36.5 Å². The number of amides is 2. The van der Waals surface area contributed by atoms with Crippen LogP contribution in [0.5, 0.6) is 0 Å². The average molecular weight is 365 g/mol.